The van der Waals surface area contributed by atoms with Crippen molar-refractivity contribution in [3.63, 3.8) is 0 Å². The molecule has 0 fully saturated rings. The molecule has 1 aromatic heterocycles. The number of hydrogen-bond donors (Lipinski definition) is 4. The molecule has 1 atom stereocenters. The highest BCUT2D eigenvalue weighted by Gasteiger charge is 2.26. The molecule has 1 aliphatic rings. The van der Waals surface area contributed by atoms with E-state index in [-0.39, 0.29) is 5.91 Å². The number of carbonyl (C=O) groups is 2. The van der Waals surface area contributed by atoms with E-state index in [0.717, 1.165) is 16.8 Å². The van der Waals surface area contributed by atoms with Crippen molar-refractivity contribution in [1.29, 1.82) is 0 Å². The van der Waals surface area contributed by atoms with Gasteiger partial charge in [0.05, 0.1) is 5.56 Å². The normalized spacial score (nSPS) is 13.9. The summed E-state index contributed by atoms with van der Waals surface area (Å²) in [5.41, 5.74) is 8.84. The van der Waals surface area contributed by atoms with Crippen LogP contribution in [0.2, 0.25) is 0 Å². The highest BCUT2D eigenvalue weighted by Crippen LogP contribution is 2.29. The molecule has 7 nitrogen and oxygen atoms in total. The van der Waals surface area contributed by atoms with Gasteiger partial charge in [-0.2, -0.15) is 0 Å². The lowest BCUT2D eigenvalue weighted by molar-refractivity contribution is -0.119. The molecule has 2 amide bonds. The van der Waals surface area contributed by atoms with Crippen molar-refractivity contribution in [2.45, 2.75) is 39.8 Å². The average molecular weight is 367 g/mol. The van der Waals surface area contributed by atoms with E-state index in [2.05, 4.69) is 20.9 Å². The molecule has 0 bridgehead atoms. The molecule has 0 aliphatic carbocycles. The quantitative estimate of drug-likeness (QED) is 0.602. The van der Waals surface area contributed by atoms with Gasteiger partial charge in [0.1, 0.15) is 17.7 Å². The van der Waals surface area contributed by atoms with Gasteiger partial charge in [-0.05, 0) is 48.6 Å². The summed E-state index contributed by atoms with van der Waals surface area (Å²) in [6.07, 6.45) is 0.603. The Kier molecular flexibility index (Phi) is 5.30. The Labute approximate surface area is 158 Å². The first kappa shape index (κ1) is 18.7. The molecular formula is C20H25N5O2. The van der Waals surface area contributed by atoms with Gasteiger partial charge in [-0.3, -0.25) is 9.59 Å². The molecule has 0 radical (unpaired) electrons. The van der Waals surface area contributed by atoms with Crippen LogP contribution in [0.5, 0.6) is 0 Å². The van der Waals surface area contributed by atoms with Crippen molar-refractivity contribution in [2.75, 3.05) is 10.6 Å². The average Bonchev–Trinajstić information content (AvgIpc) is 2.95. The molecular weight excluding hydrogens is 342 g/mol. The fourth-order valence-electron chi connectivity index (χ4n) is 3.17. The number of aromatic nitrogens is 1. The van der Waals surface area contributed by atoms with Crippen LogP contribution in [0.25, 0.3) is 0 Å². The van der Waals surface area contributed by atoms with Crippen molar-refractivity contribution in [3.05, 3.63) is 47.0 Å². The van der Waals surface area contributed by atoms with Gasteiger partial charge in [-0.15, -0.1) is 0 Å². The minimum atomic E-state index is -0.521. The molecule has 2 aromatic rings. The van der Waals surface area contributed by atoms with Crippen LogP contribution < -0.4 is 21.7 Å². The molecule has 5 N–H and O–H groups in total. The van der Waals surface area contributed by atoms with Crippen LogP contribution in [0.3, 0.4) is 0 Å². The van der Waals surface area contributed by atoms with Gasteiger partial charge in [0.25, 0.3) is 5.91 Å². The van der Waals surface area contributed by atoms with Gasteiger partial charge < -0.3 is 21.7 Å². The van der Waals surface area contributed by atoms with E-state index in [9.17, 15) is 9.59 Å². The molecule has 1 aromatic carbocycles. The zero-order valence-corrected chi connectivity index (χ0v) is 15.8. The molecule has 3 rings (SSSR count). The van der Waals surface area contributed by atoms with Gasteiger partial charge in [0, 0.05) is 12.2 Å². The predicted molar refractivity (Wildman–Crippen MR) is 106 cm³/mol. The van der Waals surface area contributed by atoms with Crippen LogP contribution in [0, 0.1) is 12.8 Å². The molecule has 142 valence electrons. The Bertz CT molecular complexity index is 879. The summed E-state index contributed by atoms with van der Waals surface area (Å²) >= 11 is 0. The van der Waals surface area contributed by atoms with Crippen LogP contribution in [-0.4, -0.2) is 22.8 Å². The molecule has 0 saturated carbocycles. The van der Waals surface area contributed by atoms with Crippen molar-refractivity contribution in [2.24, 2.45) is 11.7 Å². The van der Waals surface area contributed by atoms with E-state index in [1.54, 1.807) is 6.07 Å². The molecule has 0 saturated heterocycles. The van der Waals surface area contributed by atoms with Gasteiger partial charge in [-0.25, -0.2) is 4.98 Å². The summed E-state index contributed by atoms with van der Waals surface area (Å²) < 4.78 is 0. The Morgan fingerprint density at radius 2 is 2.11 bits per heavy atom. The van der Waals surface area contributed by atoms with Crippen molar-refractivity contribution in [1.82, 2.24) is 10.3 Å². The van der Waals surface area contributed by atoms with Crippen LogP contribution in [-0.2, 0) is 11.3 Å². The van der Waals surface area contributed by atoms with Gasteiger partial charge in [0.15, 0.2) is 0 Å². The Morgan fingerprint density at radius 1 is 1.33 bits per heavy atom. The lowest BCUT2D eigenvalue weighted by Crippen LogP contribution is -2.36. The van der Waals surface area contributed by atoms with Crippen LogP contribution in [0.15, 0.2) is 30.3 Å². The molecule has 0 spiro atoms. The largest absolute Gasteiger partial charge is 0.368 e. The summed E-state index contributed by atoms with van der Waals surface area (Å²) in [5, 5.41) is 9.18. The number of carbonyl (C=O) groups excluding carboxylic acids is 2. The molecule has 7 heteroatoms. The zero-order chi connectivity index (χ0) is 19.6. The number of fused-ring (bicyclic) bond motifs is 1. The second-order valence-electron chi connectivity index (χ2n) is 7.30. The first-order valence-electron chi connectivity index (χ1n) is 9.05. The maximum absolute atomic E-state index is 12.2. The maximum atomic E-state index is 12.2. The second-order valence-corrected chi connectivity index (χ2v) is 7.30. The summed E-state index contributed by atoms with van der Waals surface area (Å²) in [6.45, 7) is 6.48. The Balaban J connectivity index is 1.95. The number of rotatable bonds is 7. The van der Waals surface area contributed by atoms with E-state index < -0.39 is 11.9 Å². The highest BCUT2D eigenvalue weighted by atomic mass is 16.2. The molecule has 1 aliphatic heterocycles. The number of hydrogen-bond acceptors (Lipinski definition) is 5. The topological polar surface area (TPSA) is 109 Å². The number of aryl methyl sites for hydroxylation is 1. The number of benzene rings is 1. The second kappa shape index (κ2) is 7.65. The number of amides is 2. The van der Waals surface area contributed by atoms with Crippen molar-refractivity contribution in [3.8, 4) is 0 Å². The van der Waals surface area contributed by atoms with Crippen molar-refractivity contribution >= 4 is 29.1 Å². The Morgan fingerprint density at radius 3 is 2.78 bits per heavy atom. The molecule has 2 heterocycles. The minimum absolute atomic E-state index is 0.159. The van der Waals surface area contributed by atoms with Gasteiger partial charge >= 0.3 is 0 Å². The first-order valence-corrected chi connectivity index (χ1v) is 9.05. The third kappa shape index (κ3) is 4.36. The zero-order valence-electron chi connectivity index (χ0n) is 15.8. The maximum Gasteiger partial charge on any atom is 0.255 e. The minimum Gasteiger partial charge on any atom is -0.368 e. The van der Waals surface area contributed by atoms with Crippen LogP contribution in [0.4, 0.5) is 17.3 Å². The van der Waals surface area contributed by atoms with E-state index >= 15 is 0 Å². The summed E-state index contributed by atoms with van der Waals surface area (Å²) in [6, 6.07) is 9.10. The first-order chi connectivity index (χ1) is 12.8. The summed E-state index contributed by atoms with van der Waals surface area (Å²) in [7, 11) is 0. The third-order valence-corrected chi connectivity index (χ3v) is 4.42. The van der Waals surface area contributed by atoms with E-state index in [0.29, 0.717) is 36.1 Å². The number of pyridine rings is 1. The van der Waals surface area contributed by atoms with Gasteiger partial charge in [-0.1, -0.05) is 26.0 Å². The SMILES string of the molecule is Cc1cccc(Nc2nc(NC(CC(C)C)C(N)=O)cc3c2C(=O)NC3)c1. The highest BCUT2D eigenvalue weighted by molar-refractivity contribution is 6.03. The third-order valence-electron chi connectivity index (χ3n) is 4.42. The standard InChI is InChI=1S/C20H25N5O2/c1-11(2)7-15(18(21)26)24-16-9-13-10-22-20(27)17(13)19(25-16)23-14-6-4-5-12(3)8-14/h4-6,8-9,11,15H,7,10H2,1-3H3,(H2,21,26)(H,22,27)(H2,23,24,25). The van der Waals surface area contributed by atoms with Gasteiger partial charge in [0.2, 0.25) is 5.91 Å². The summed E-state index contributed by atoms with van der Waals surface area (Å²) in [4.78, 5) is 28.6. The number of anilines is 3. The lowest BCUT2D eigenvalue weighted by atomic mass is 10.0. The Hall–Kier alpha value is -3.09. The summed E-state index contributed by atoms with van der Waals surface area (Å²) in [5.74, 6) is 0.701. The number of nitrogens with one attached hydrogen (secondary N) is 3. The predicted octanol–water partition coefficient (Wildman–Crippen LogP) is 2.69. The fourth-order valence-corrected chi connectivity index (χ4v) is 3.17. The number of nitrogens with zero attached hydrogens (tertiary/aromatic N) is 1. The molecule has 1 unspecified atom stereocenters. The van der Waals surface area contributed by atoms with E-state index in [1.165, 1.54) is 0 Å². The van der Waals surface area contributed by atoms with E-state index in [1.807, 2.05) is 45.0 Å². The monoisotopic (exact) mass is 367 g/mol. The number of nitrogens with two attached hydrogens (primary N) is 1. The fraction of sp³-hybridized carbons (Fsp3) is 0.350. The lowest BCUT2D eigenvalue weighted by Gasteiger charge is -2.19. The van der Waals surface area contributed by atoms with E-state index in [4.69, 9.17) is 5.73 Å². The smallest absolute Gasteiger partial charge is 0.255 e. The molecule has 27 heavy (non-hydrogen) atoms. The van der Waals surface area contributed by atoms with Crippen LogP contribution in [0.1, 0.15) is 41.8 Å². The van der Waals surface area contributed by atoms with Crippen molar-refractivity contribution < 1.29 is 9.59 Å². The van der Waals surface area contributed by atoms with Crippen LogP contribution >= 0.6 is 0 Å². The number of primary amides is 1.